The average Bonchev–Trinajstić information content (AvgIpc) is 2.96. The van der Waals surface area contributed by atoms with E-state index >= 15 is 0 Å². The van der Waals surface area contributed by atoms with Crippen LogP contribution in [-0.2, 0) is 0 Å². The lowest BCUT2D eigenvalue weighted by atomic mass is 10.3. The number of nitrogens with zero attached hydrogens (tertiary/aromatic N) is 6. The zero-order valence-electron chi connectivity index (χ0n) is 10.2. The van der Waals surface area contributed by atoms with Crippen molar-refractivity contribution in [1.82, 2.24) is 29.7 Å². The van der Waals surface area contributed by atoms with Gasteiger partial charge in [0.1, 0.15) is 18.5 Å². The van der Waals surface area contributed by atoms with Crippen molar-refractivity contribution in [2.45, 2.75) is 0 Å². The molecule has 0 bridgehead atoms. The minimum absolute atomic E-state index is 0.000762. The Hall–Kier alpha value is -2.13. The predicted molar refractivity (Wildman–Crippen MR) is 77.1 cm³/mol. The van der Waals surface area contributed by atoms with E-state index in [0.29, 0.717) is 10.2 Å². The van der Waals surface area contributed by atoms with E-state index in [4.69, 9.17) is 11.6 Å². The lowest BCUT2D eigenvalue weighted by Crippen LogP contribution is -2.07. The van der Waals surface area contributed by atoms with E-state index in [1.807, 2.05) is 0 Å². The van der Waals surface area contributed by atoms with Crippen LogP contribution in [0.3, 0.4) is 0 Å². The molecule has 0 amide bonds. The number of anilines is 2. The molecular formula is C11H6BrClFN7. The molecular weight excluding hydrogens is 365 g/mol. The van der Waals surface area contributed by atoms with Gasteiger partial charge in [-0.2, -0.15) is 24.7 Å². The van der Waals surface area contributed by atoms with Crippen LogP contribution in [0.5, 0.6) is 0 Å². The molecule has 0 saturated carbocycles. The predicted octanol–water partition coefficient (Wildman–Crippen LogP) is 2.75. The SMILES string of the molecule is Fc1ccc(Nc2nc(Cl)nc(-n3cncn3)n2)cc1Br. The number of halogens is 3. The van der Waals surface area contributed by atoms with E-state index in [2.05, 4.69) is 46.3 Å². The number of benzene rings is 1. The second-order valence-electron chi connectivity index (χ2n) is 3.82. The molecule has 2 heterocycles. The van der Waals surface area contributed by atoms with Gasteiger partial charge in [0.2, 0.25) is 11.2 Å². The largest absolute Gasteiger partial charge is 0.324 e. The first-order valence-corrected chi connectivity index (χ1v) is 6.77. The third-order valence-corrected chi connectivity index (χ3v) is 3.17. The Labute approximate surface area is 131 Å². The maximum atomic E-state index is 13.2. The van der Waals surface area contributed by atoms with Crippen LogP contribution in [-0.4, -0.2) is 29.7 Å². The molecule has 0 unspecified atom stereocenters. The van der Waals surface area contributed by atoms with Gasteiger partial charge in [-0.15, -0.1) is 0 Å². The Kier molecular flexibility index (Phi) is 3.76. The molecule has 0 spiro atoms. The third kappa shape index (κ3) is 3.14. The van der Waals surface area contributed by atoms with Gasteiger partial charge in [0.05, 0.1) is 4.47 Å². The topological polar surface area (TPSA) is 81.4 Å². The van der Waals surface area contributed by atoms with Gasteiger partial charge in [-0.3, -0.25) is 0 Å². The molecule has 0 aliphatic rings. The second-order valence-corrected chi connectivity index (χ2v) is 5.01. The van der Waals surface area contributed by atoms with Crippen molar-refractivity contribution in [3.8, 4) is 5.95 Å². The highest BCUT2D eigenvalue weighted by Crippen LogP contribution is 2.22. The van der Waals surface area contributed by atoms with Crippen molar-refractivity contribution in [1.29, 1.82) is 0 Å². The summed E-state index contributed by atoms with van der Waals surface area (Å²) in [4.78, 5) is 15.9. The van der Waals surface area contributed by atoms with E-state index in [9.17, 15) is 4.39 Å². The zero-order valence-corrected chi connectivity index (χ0v) is 12.5. The minimum atomic E-state index is -0.363. The van der Waals surface area contributed by atoms with Crippen LogP contribution in [0.1, 0.15) is 0 Å². The number of hydrogen-bond donors (Lipinski definition) is 1. The van der Waals surface area contributed by atoms with Gasteiger partial charge in [-0.25, -0.2) is 9.37 Å². The monoisotopic (exact) mass is 369 g/mol. The first-order valence-electron chi connectivity index (χ1n) is 5.60. The quantitative estimate of drug-likeness (QED) is 0.763. The van der Waals surface area contributed by atoms with Crippen molar-refractivity contribution < 1.29 is 4.39 Å². The molecule has 1 N–H and O–H groups in total. The lowest BCUT2D eigenvalue weighted by Gasteiger charge is -2.07. The summed E-state index contributed by atoms with van der Waals surface area (Å²) in [6.07, 6.45) is 2.78. The van der Waals surface area contributed by atoms with Gasteiger partial charge >= 0.3 is 0 Å². The highest BCUT2D eigenvalue weighted by atomic mass is 79.9. The van der Waals surface area contributed by atoms with E-state index in [-0.39, 0.29) is 23.0 Å². The summed E-state index contributed by atoms with van der Waals surface area (Å²) in [6, 6.07) is 4.42. The van der Waals surface area contributed by atoms with Crippen LogP contribution in [0.25, 0.3) is 5.95 Å². The average molecular weight is 371 g/mol. The van der Waals surface area contributed by atoms with Crippen molar-refractivity contribution >= 4 is 39.2 Å². The standard InChI is InChI=1S/C11H6BrClFN7/c12-7-3-6(1-2-8(7)14)17-10-18-9(13)19-11(20-10)21-5-15-4-16-21/h1-5H,(H,17,18,19,20). The summed E-state index contributed by atoms with van der Waals surface area (Å²) in [5.74, 6) is 0.0627. The van der Waals surface area contributed by atoms with E-state index < -0.39 is 0 Å². The molecule has 10 heteroatoms. The van der Waals surface area contributed by atoms with E-state index in [0.717, 1.165) is 0 Å². The molecule has 7 nitrogen and oxygen atoms in total. The van der Waals surface area contributed by atoms with Crippen LogP contribution < -0.4 is 5.32 Å². The summed E-state index contributed by atoms with van der Waals surface area (Å²) in [6.45, 7) is 0. The fourth-order valence-electron chi connectivity index (χ4n) is 1.51. The smallest absolute Gasteiger partial charge is 0.258 e. The van der Waals surface area contributed by atoms with Gasteiger partial charge in [0, 0.05) is 5.69 Å². The van der Waals surface area contributed by atoms with Crippen molar-refractivity contribution in [2.75, 3.05) is 5.32 Å². The molecule has 21 heavy (non-hydrogen) atoms. The summed E-state index contributed by atoms with van der Waals surface area (Å²) in [5, 5.41) is 6.82. The molecule has 0 aliphatic heterocycles. The van der Waals surface area contributed by atoms with Gasteiger partial charge in [0.15, 0.2) is 0 Å². The number of rotatable bonds is 3. The third-order valence-electron chi connectivity index (χ3n) is 2.40. The molecule has 0 saturated heterocycles. The molecule has 3 aromatic rings. The zero-order chi connectivity index (χ0) is 14.8. The van der Waals surface area contributed by atoms with Crippen LogP contribution in [0.15, 0.2) is 35.3 Å². The van der Waals surface area contributed by atoms with Crippen LogP contribution in [0, 0.1) is 5.82 Å². The first-order chi connectivity index (χ1) is 10.1. The molecule has 106 valence electrons. The normalized spacial score (nSPS) is 10.6. The van der Waals surface area contributed by atoms with Crippen molar-refractivity contribution in [3.63, 3.8) is 0 Å². The number of aromatic nitrogens is 6. The van der Waals surface area contributed by atoms with Crippen LogP contribution in [0.4, 0.5) is 16.0 Å². The van der Waals surface area contributed by atoms with Crippen LogP contribution in [0.2, 0.25) is 5.28 Å². The van der Waals surface area contributed by atoms with Crippen molar-refractivity contribution in [2.24, 2.45) is 0 Å². The minimum Gasteiger partial charge on any atom is -0.324 e. The highest BCUT2D eigenvalue weighted by Gasteiger charge is 2.08. The lowest BCUT2D eigenvalue weighted by molar-refractivity contribution is 0.621. The Morgan fingerprint density at radius 3 is 2.81 bits per heavy atom. The molecule has 0 atom stereocenters. The Bertz CT molecular complexity index is 780. The van der Waals surface area contributed by atoms with E-state index in [1.54, 1.807) is 12.1 Å². The van der Waals surface area contributed by atoms with Crippen molar-refractivity contribution in [3.05, 3.63) is 46.4 Å². The number of nitrogens with one attached hydrogen (secondary N) is 1. The first kappa shape index (κ1) is 13.8. The number of hydrogen-bond acceptors (Lipinski definition) is 6. The Balaban J connectivity index is 1.93. The Morgan fingerprint density at radius 2 is 2.10 bits per heavy atom. The van der Waals surface area contributed by atoms with Crippen LogP contribution >= 0.6 is 27.5 Å². The summed E-state index contributed by atoms with van der Waals surface area (Å²) in [7, 11) is 0. The fourth-order valence-corrected chi connectivity index (χ4v) is 2.05. The molecule has 0 fully saturated rings. The molecule has 0 radical (unpaired) electrons. The van der Waals surface area contributed by atoms with Gasteiger partial charge in [0.25, 0.3) is 5.95 Å². The summed E-state index contributed by atoms with van der Waals surface area (Å²) >= 11 is 8.96. The molecule has 3 rings (SSSR count). The Morgan fingerprint density at radius 1 is 1.24 bits per heavy atom. The van der Waals surface area contributed by atoms with Gasteiger partial charge in [-0.1, -0.05) is 0 Å². The van der Waals surface area contributed by atoms with Gasteiger partial charge < -0.3 is 5.32 Å². The molecule has 0 aliphatic carbocycles. The molecule has 2 aromatic heterocycles. The maximum Gasteiger partial charge on any atom is 0.258 e. The van der Waals surface area contributed by atoms with Gasteiger partial charge in [-0.05, 0) is 45.7 Å². The summed E-state index contributed by atoms with van der Waals surface area (Å²) < 4.78 is 14.9. The summed E-state index contributed by atoms with van der Waals surface area (Å²) in [5.41, 5.74) is 0.593. The fraction of sp³-hybridized carbons (Fsp3) is 0. The highest BCUT2D eigenvalue weighted by molar-refractivity contribution is 9.10. The maximum absolute atomic E-state index is 13.2. The van der Waals surface area contributed by atoms with E-state index in [1.165, 1.54) is 23.4 Å². The molecule has 1 aromatic carbocycles. The second kappa shape index (κ2) is 5.70.